The quantitative estimate of drug-likeness (QED) is 0.598. The van der Waals surface area contributed by atoms with Crippen molar-refractivity contribution in [2.24, 2.45) is 0 Å². The summed E-state index contributed by atoms with van der Waals surface area (Å²) in [7, 11) is 0. The second-order valence-electron chi connectivity index (χ2n) is 3.00. The molecule has 0 aromatic carbocycles. The molecule has 2 rings (SSSR count). The first-order valence-electron chi connectivity index (χ1n) is 3.79. The molecule has 12 heavy (non-hydrogen) atoms. The third kappa shape index (κ3) is 0.932. The van der Waals surface area contributed by atoms with Gasteiger partial charge in [0.15, 0.2) is 0 Å². The summed E-state index contributed by atoms with van der Waals surface area (Å²) in [6.07, 6.45) is 7.58. The molecule has 1 aromatic rings. The predicted octanol–water partition coefficient (Wildman–Crippen LogP) is 2.28. The zero-order valence-electron chi connectivity index (χ0n) is 6.50. The molecular weight excluding hydrogens is 166 g/mol. The van der Waals surface area contributed by atoms with Gasteiger partial charge in [-0.1, -0.05) is 5.92 Å². The fourth-order valence-electron chi connectivity index (χ4n) is 1.24. The smallest absolute Gasteiger partial charge is 0.110 e. The Kier molecular flexibility index (Phi) is 1.46. The maximum absolute atomic E-state index is 8.62. The first-order valence-corrected chi connectivity index (χ1v) is 4.60. The lowest BCUT2D eigenvalue weighted by molar-refractivity contribution is 0.962. The molecule has 1 aliphatic rings. The Morgan fingerprint density at radius 3 is 2.67 bits per heavy atom. The predicted molar refractivity (Wildman–Crippen MR) is 48.8 cm³/mol. The van der Waals surface area contributed by atoms with Gasteiger partial charge < -0.3 is 0 Å². The second-order valence-corrected chi connectivity index (χ2v) is 4.09. The lowest BCUT2D eigenvalue weighted by Gasteiger charge is -2.00. The van der Waals surface area contributed by atoms with E-state index in [0.717, 1.165) is 17.7 Å². The lowest BCUT2D eigenvalue weighted by atomic mass is 10.1. The van der Waals surface area contributed by atoms with Crippen molar-refractivity contribution in [1.29, 1.82) is 5.26 Å². The van der Waals surface area contributed by atoms with Crippen molar-refractivity contribution in [2.45, 2.75) is 18.3 Å². The summed E-state index contributed by atoms with van der Waals surface area (Å²) in [5.74, 6) is 2.81. The van der Waals surface area contributed by atoms with Crippen LogP contribution in [0.3, 0.4) is 0 Å². The summed E-state index contributed by atoms with van der Waals surface area (Å²) in [6.45, 7) is 0. The fourth-order valence-corrected chi connectivity index (χ4v) is 2.26. The van der Waals surface area contributed by atoms with Gasteiger partial charge in [-0.25, -0.2) is 0 Å². The van der Waals surface area contributed by atoms with Crippen LogP contribution in [0.4, 0.5) is 0 Å². The SMILES string of the molecule is C#CC1(c2ccc(C#N)s2)CC1. The fraction of sp³-hybridized carbons (Fsp3) is 0.300. The molecule has 1 nitrogen and oxygen atoms in total. The summed E-state index contributed by atoms with van der Waals surface area (Å²) >= 11 is 1.52. The molecule has 1 aliphatic carbocycles. The zero-order valence-corrected chi connectivity index (χ0v) is 7.32. The summed E-state index contributed by atoms with van der Waals surface area (Å²) in [5, 5.41) is 8.62. The van der Waals surface area contributed by atoms with Gasteiger partial charge in [0.05, 0.1) is 5.41 Å². The van der Waals surface area contributed by atoms with Gasteiger partial charge in [-0.05, 0) is 25.0 Å². The Morgan fingerprint density at radius 1 is 1.50 bits per heavy atom. The van der Waals surface area contributed by atoms with Gasteiger partial charge in [-0.2, -0.15) is 5.26 Å². The molecule has 0 amide bonds. The first-order chi connectivity index (χ1) is 5.80. The van der Waals surface area contributed by atoms with Crippen LogP contribution in [-0.2, 0) is 5.41 Å². The third-order valence-corrected chi connectivity index (χ3v) is 3.41. The van der Waals surface area contributed by atoms with Crippen LogP contribution < -0.4 is 0 Å². The van der Waals surface area contributed by atoms with Crippen LogP contribution in [0.1, 0.15) is 22.6 Å². The van der Waals surface area contributed by atoms with Gasteiger partial charge in [0.25, 0.3) is 0 Å². The Morgan fingerprint density at radius 2 is 2.25 bits per heavy atom. The largest absolute Gasteiger partial charge is 0.192 e. The molecule has 0 spiro atoms. The minimum absolute atomic E-state index is 0.000231. The number of terminal acetylenes is 1. The van der Waals surface area contributed by atoms with E-state index in [2.05, 4.69) is 12.0 Å². The van der Waals surface area contributed by atoms with E-state index < -0.39 is 0 Å². The Hall–Kier alpha value is -1.25. The van der Waals surface area contributed by atoms with E-state index in [9.17, 15) is 0 Å². The summed E-state index contributed by atoms with van der Waals surface area (Å²) in [4.78, 5) is 1.94. The zero-order chi connectivity index (χ0) is 8.60. The second kappa shape index (κ2) is 2.37. The highest BCUT2D eigenvalue weighted by atomic mass is 32.1. The van der Waals surface area contributed by atoms with Crippen LogP contribution in [0.15, 0.2) is 12.1 Å². The number of nitriles is 1. The van der Waals surface area contributed by atoms with Crippen molar-refractivity contribution < 1.29 is 0 Å². The van der Waals surface area contributed by atoms with Crippen LogP contribution in [0, 0.1) is 23.7 Å². The van der Waals surface area contributed by atoms with Gasteiger partial charge in [0, 0.05) is 4.88 Å². The third-order valence-electron chi connectivity index (χ3n) is 2.21. The molecule has 0 radical (unpaired) electrons. The molecule has 0 atom stereocenters. The van der Waals surface area contributed by atoms with Crippen molar-refractivity contribution in [1.82, 2.24) is 0 Å². The molecule has 1 aromatic heterocycles. The number of thiophene rings is 1. The van der Waals surface area contributed by atoms with Gasteiger partial charge in [-0.15, -0.1) is 17.8 Å². The van der Waals surface area contributed by atoms with E-state index in [1.165, 1.54) is 16.2 Å². The van der Waals surface area contributed by atoms with Crippen molar-refractivity contribution in [3.63, 3.8) is 0 Å². The van der Waals surface area contributed by atoms with E-state index >= 15 is 0 Å². The van der Waals surface area contributed by atoms with Crippen molar-refractivity contribution in [3.8, 4) is 18.4 Å². The van der Waals surface area contributed by atoms with Gasteiger partial charge in [0.2, 0.25) is 0 Å². The minimum atomic E-state index is -0.000231. The summed E-state index contributed by atoms with van der Waals surface area (Å²) in [6, 6.07) is 5.95. The molecule has 1 heterocycles. The van der Waals surface area contributed by atoms with E-state index in [-0.39, 0.29) is 5.41 Å². The average molecular weight is 173 g/mol. The standard InChI is InChI=1S/C10H7NS/c1-2-10(5-6-10)9-4-3-8(7-11)12-9/h1,3-4H,5-6H2. The van der Waals surface area contributed by atoms with E-state index in [1.807, 2.05) is 12.1 Å². The number of hydrogen-bond acceptors (Lipinski definition) is 2. The first kappa shape index (κ1) is 7.40. The molecule has 2 heteroatoms. The molecule has 0 aliphatic heterocycles. The van der Waals surface area contributed by atoms with Crippen LogP contribution in [0.2, 0.25) is 0 Å². The monoisotopic (exact) mass is 173 g/mol. The highest BCUT2D eigenvalue weighted by Crippen LogP contribution is 2.49. The van der Waals surface area contributed by atoms with Crippen LogP contribution in [-0.4, -0.2) is 0 Å². The van der Waals surface area contributed by atoms with Crippen molar-refractivity contribution >= 4 is 11.3 Å². The number of nitrogens with zero attached hydrogens (tertiary/aromatic N) is 1. The molecule has 1 fully saturated rings. The van der Waals surface area contributed by atoms with Gasteiger partial charge >= 0.3 is 0 Å². The average Bonchev–Trinajstić information content (AvgIpc) is 2.77. The maximum Gasteiger partial charge on any atom is 0.110 e. The molecule has 0 unspecified atom stereocenters. The lowest BCUT2D eigenvalue weighted by Crippen LogP contribution is -1.97. The molecular formula is C10H7NS. The normalized spacial score (nSPS) is 17.8. The minimum Gasteiger partial charge on any atom is -0.192 e. The number of rotatable bonds is 1. The van der Waals surface area contributed by atoms with Crippen molar-refractivity contribution in [2.75, 3.05) is 0 Å². The molecule has 0 saturated heterocycles. The topological polar surface area (TPSA) is 23.8 Å². The van der Waals surface area contributed by atoms with Crippen molar-refractivity contribution in [3.05, 3.63) is 21.9 Å². The summed E-state index contributed by atoms with van der Waals surface area (Å²) in [5.41, 5.74) is -0.000231. The molecule has 1 saturated carbocycles. The molecule has 58 valence electrons. The Balaban J connectivity index is 2.38. The Labute approximate surface area is 75.6 Å². The Bertz CT molecular complexity index is 385. The summed E-state index contributed by atoms with van der Waals surface area (Å²) < 4.78 is 0. The molecule has 0 bridgehead atoms. The van der Waals surface area contributed by atoms with E-state index in [0.29, 0.717) is 0 Å². The van der Waals surface area contributed by atoms with Gasteiger partial charge in [-0.3, -0.25) is 0 Å². The highest BCUT2D eigenvalue weighted by Gasteiger charge is 2.43. The van der Waals surface area contributed by atoms with Crippen LogP contribution in [0.25, 0.3) is 0 Å². The maximum atomic E-state index is 8.62. The van der Waals surface area contributed by atoms with Crippen LogP contribution in [0.5, 0.6) is 0 Å². The highest BCUT2D eigenvalue weighted by molar-refractivity contribution is 7.12. The number of hydrogen-bond donors (Lipinski definition) is 0. The van der Waals surface area contributed by atoms with Crippen LogP contribution >= 0.6 is 11.3 Å². The molecule has 0 N–H and O–H groups in total. The van der Waals surface area contributed by atoms with E-state index in [4.69, 9.17) is 11.7 Å². The van der Waals surface area contributed by atoms with E-state index in [1.54, 1.807) is 0 Å². The van der Waals surface area contributed by atoms with Gasteiger partial charge in [0.1, 0.15) is 10.9 Å².